The smallest absolute Gasteiger partial charge is 0.321 e. The fourth-order valence-corrected chi connectivity index (χ4v) is 3.49. The van der Waals surface area contributed by atoms with Gasteiger partial charge in [-0.1, -0.05) is 18.2 Å². The lowest BCUT2D eigenvalue weighted by atomic mass is 9.95. The van der Waals surface area contributed by atoms with Gasteiger partial charge in [-0.05, 0) is 31.9 Å². The zero-order valence-electron chi connectivity index (χ0n) is 14.6. The van der Waals surface area contributed by atoms with Gasteiger partial charge in [0.2, 0.25) is 5.91 Å². The molecule has 2 N–H and O–H groups in total. The van der Waals surface area contributed by atoms with Crippen LogP contribution in [0.4, 0.5) is 10.5 Å². The van der Waals surface area contributed by atoms with E-state index < -0.39 is 0 Å². The summed E-state index contributed by atoms with van der Waals surface area (Å²) in [4.78, 5) is 29.0. The van der Waals surface area contributed by atoms with Crippen molar-refractivity contribution in [2.24, 2.45) is 5.92 Å². The molecule has 3 rings (SSSR count). The van der Waals surface area contributed by atoms with Crippen molar-refractivity contribution in [1.29, 1.82) is 0 Å². The SMILES string of the molecule is CC1CNCCN1C(=O)C1CCCN(C(=O)Nc2ccccc2)C1.Cl. The van der Waals surface area contributed by atoms with Gasteiger partial charge in [0.15, 0.2) is 0 Å². The summed E-state index contributed by atoms with van der Waals surface area (Å²) in [7, 11) is 0. The summed E-state index contributed by atoms with van der Waals surface area (Å²) in [5, 5.41) is 6.22. The van der Waals surface area contributed by atoms with Gasteiger partial charge in [0.1, 0.15) is 0 Å². The molecule has 1 aromatic carbocycles. The number of carbonyl (C=O) groups excluding carboxylic acids is 2. The molecule has 2 atom stereocenters. The molecule has 1 aromatic rings. The highest BCUT2D eigenvalue weighted by Crippen LogP contribution is 2.21. The van der Waals surface area contributed by atoms with Crippen molar-refractivity contribution in [2.75, 3.05) is 38.0 Å². The van der Waals surface area contributed by atoms with Crippen LogP contribution in [0.5, 0.6) is 0 Å². The summed E-state index contributed by atoms with van der Waals surface area (Å²) in [6, 6.07) is 9.54. The zero-order chi connectivity index (χ0) is 16.9. The van der Waals surface area contributed by atoms with E-state index >= 15 is 0 Å². The first kappa shape index (κ1) is 19.5. The Balaban J connectivity index is 0.00000225. The van der Waals surface area contributed by atoms with Crippen LogP contribution in [-0.2, 0) is 4.79 Å². The minimum absolute atomic E-state index is 0. The van der Waals surface area contributed by atoms with Gasteiger partial charge in [-0.2, -0.15) is 0 Å². The van der Waals surface area contributed by atoms with Gasteiger partial charge in [0, 0.05) is 44.5 Å². The zero-order valence-corrected chi connectivity index (χ0v) is 15.4. The van der Waals surface area contributed by atoms with Crippen LogP contribution >= 0.6 is 12.4 Å². The highest BCUT2D eigenvalue weighted by molar-refractivity contribution is 5.90. The molecule has 2 heterocycles. The van der Waals surface area contributed by atoms with E-state index in [1.165, 1.54) is 0 Å². The third-order valence-corrected chi connectivity index (χ3v) is 4.87. The molecule has 25 heavy (non-hydrogen) atoms. The molecule has 2 saturated heterocycles. The minimum atomic E-state index is -0.118. The van der Waals surface area contributed by atoms with Crippen molar-refractivity contribution in [3.63, 3.8) is 0 Å². The van der Waals surface area contributed by atoms with Crippen LogP contribution in [-0.4, -0.2) is 60.5 Å². The summed E-state index contributed by atoms with van der Waals surface area (Å²) in [5.41, 5.74) is 0.784. The highest BCUT2D eigenvalue weighted by Gasteiger charge is 2.33. The summed E-state index contributed by atoms with van der Waals surface area (Å²) < 4.78 is 0. The lowest BCUT2D eigenvalue weighted by molar-refractivity contribution is -0.139. The number of urea groups is 1. The fourth-order valence-electron chi connectivity index (χ4n) is 3.49. The molecule has 0 aromatic heterocycles. The lowest BCUT2D eigenvalue weighted by Crippen LogP contribution is -2.56. The number of nitrogens with zero attached hydrogens (tertiary/aromatic N) is 2. The molecule has 0 bridgehead atoms. The summed E-state index contributed by atoms with van der Waals surface area (Å²) in [5.74, 6) is 0.113. The van der Waals surface area contributed by atoms with Crippen LogP contribution in [0.1, 0.15) is 19.8 Å². The number of hydrogen-bond acceptors (Lipinski definition) is 3. The van der Waals surface area contributed by atoms with Crippen LogP contribution < -0.4 is 10.6 Å². The largest absolute Gasteiger partial charge is 0.337 e. The maximum Gasteiger partial charge on any atom is 0.321 e. The molecule has 2 aliphatic rings. The average molecular weight is 367 g/mol. The predicted molar refractivity (Wildman–Crippen MR) is 101 cm³/mol. The number of para-hydroxylation sites is 1. The molecule has 2 aliphatic heterocycles. The Kier molecular flexibility index (Phi) is 7.08. The van der Waals surface area contributed by atoms with Crippen molar-refractivity contribution in [2.45, 2.75) is 25.8 Å². The Bertz CT molecular complexity index is 584. The van der Waals surface area contributed by atoms with Crippen LogP contribution in [0.15, 0.2) is 30.3 Å². The predicted octanol–water partition coefficient (Wildman–Crippen LogP) is 2.17. The minimum Gasteiger partial charge on any atom is -0.337 e. The topological polar surface area (TPSA) is 64.7 Å². The van der Waals surface area contributed by atoms with Gasteiger partial charge in [-0.3, -0.25) is 4.79 Å². The number of rotatable bonds is 2. The molecule has 3 amide bonds. The number of likely N-dealkylation sites (tertiary alicyclic amines) is 1. The summed E-state index contributed by atoms with van der Waals surface area (Å²) >= 11 is 0. The van der Waals surface area contributed by atoms with Crippen LogP contribution in [0.3, 0.4) is 0 Å². The number of hydrogen-bond donors (Lipinski definition) is 2. The Morgan fingerprint density at radius 3 is 2.68 bits per heavy atom. The molecule has 7 heteroatoms. The Hall–Kier alpha value is -1.79. The van der Waals surface area contributed by atoms with Crippen LogP contribution in [0.2, 0.25) is 0 Å². The van der Waals surface area contributed by atoms with Gasteiger partial charge in [0.05, 0.1) is 5.92 Å². The Morgan fingerprint density at radius 1 is 1.20 bits per heavy atom. The first-order valence-electron chi connectivity index (χ1n) is 8.77. The quantitative estimate of drug-likeness (QED) is 0.843. The number of piperazine rings is 1. The van der Waals surface area contributed by atoms with E-state index in [9.17, 15) is 9.59 Å². The van der Waals surface area contributed by atoms with Crippen molar-refractivity contribution in [3.8, 4) is 0 Å². The van der Waals surface area contributed by atoms with E-state index in [1.54, 1.807) is 4.90 Å². The van der Waals surface area contributed by atoms with Gasteiger partial charge >= 0.3 is 6.03 Å². The van der Waals surface area contributed by atoms with Gasteiger partial charge < -0.3 is 20.4 Å². The molecule has 0 spiro atoms. The van der Waals surface area contributed by atoms with Crippen molar-refractivity contribution in [3.05, 3.63) is 30.3 Å². The van der Waals surface area contributed by atoms with Gasteiger partial charge in [0.25, 0.3) is 0 Å². The first-order chi connectivity index (χ1) is 11.6. The molecule has 2 unspecified atom stereocenters. The molecular formula is C18H27ClN4O2. The maximum absolute atomic E-state index is 12.8. The van der Waals surface area contributed by atoms with Crippen molar-refractivity contribution >= 4 is 30.0 Å². The number of amides is 3. The maximum atomic E-state index is 12.8. The second-order valence-electron chi connectivity index (χ2n) is 6.67. The molecule has 0 saturated carbocycles. The fraction of sp³-hybridized carbons (Fsp3) is 0.556. The Labute approximate surface area is 155 Å². The number of piperidine rings is 1. The van der Waals surface area contributed by atoms with E-state index in [4.69, 9.17) is 0 Å². The van der Waals surface area contributed by atoms with E-state index in [0.717, 1.165) is 38.2 Å². The summed E-state index contributed by atoms with van der Waals surface area (Å²) in [6.07, 6.45) is 1.74. The van der Waals surface area contributed by atoms with Crippen molar-refractivity contribution in [1.82, 2.24) is 15.1 Å². The highest BCUT2D eigenvalue weighted by atomic mass is 35.5. The molecule has 6 nitrogen and oxygen atoms in total. The molecule has 138 valence electrons. The van der Waals surface area contributed by atoms with Crippen LogP contribution in [0, 0.1) is 5.92 Å². The lowest BCUT2D eigenvalue weighted by Gasteiger charge is -2.39. The molecule has 0 aliphatic carbocycles. The Morgan fingerprint density at radius 2 is 1.96 bits per heavy atom. The van der Waals surface area contributed by atoms with E-state index in [1.807, 2.05) is 35.2 Å². The second kappa shape index (κ2) is 9.06. The average Bonchev–Trinajstić information content (AvgIpc) is 2.62. The number of benzene rings is 1. The monoisotopic (exact) mass is 366 g/mol. The normalized spacial score (nSPS) is 23.6. The summed E-state index contributed by atoms with van der Waals surface area (Å²) in [6.45, 7) is 5.74. The molecular weight excluding hydrogens is 340 g/mol. The van der Waals surface area contributed by atoms with Crippen LogP contribution in [0.25, 0.3) is 0 Å². The number of anilines is 1. The van der Waals surface area contributed by atoms with E-state index in [2.05, 4.69) is 17.6 Å². The van der Waals surface area contributed by atoms with Gasteiger partial charge in [-0.25, -0.2) is 4.79 Å². The van der Waals surface area contributed by atoms with Gasteiger partial charge in [-0.15, -0.1) is 12.4 Å². The molecule has 0 radical (unpaired) electrons. The first-order valence-corrected chi connectivity index (χ1v) is 8.77. The number of halogens is 1. The standard InChI is InChI=1S/C18H26N4O2.ClH/c1-14-12-19-9-11-22(14)17(23)15-6-5-10-21(13-15)18(24)20-16-7-3-2-4-8-16;/h2-4,7-8,14-15,19H,5-6,9-13H2,1H3,(H,20,24);1H. The third kappa shape index (κ3) is 4.86. The number of carbonyl (C=O) groups is 2. The van der Waals surface area contributed by atoms with E-state index in [-0.39, 0.29) is 36.3 Å². The van der Waals surface area contributed by atoms with Crippen molar-refractivity contribution < 1.29 is 9.59 Å². The van der Waals surface area contributed by atoms with E-state index in [0.29, 0.717) is 13.1 Å². The number of nitrogens with one attached hydrogen (secondary N) is 2. The third-order valence-electron chi connectivity index (χ3n) is 4.87. The second-order valence-corrected chi connectivity index (χ2v) is 6.67. The molecule has 2 fully saturated rings.